The van der Waals surface area contributed by atoms with Crippen molar-refractivity contribution in [3.63, 3.8) is 0 Å². The van der Waals surface area contributed by atoms with E-state index in [0.717, 1.165) is 30.3 Å². The Morgan fingerprint density at radius 1 is 1.12 bits per heavy atom. The zero-order chi connectivity index (χ0) is 22.7. The first-order chi connectivity index (χ1) is 15.5. The van der Waals surface area contributed by atoms with Crippen LogP contribution in [0.3, 0.4) is 0 Å². The second kappa shape index (κ2) is 9.87. The first-order valence-electron chi connectivity index (χ1n) is 9.78. The van der Waals surface area contributed by atoms with Gasteiger partial charge in [-0.3, -0.25) is 0 Å². The van der Waals surface area contributed by atoms with Crippen LogP contribution in [-0.2, 0) is 16.1 Å². The summed E-state index contributed by atoms with van der Waals surface area (Å²) in [5, 5.41) is 0. The quantitative estimate of drug-likeness (QED) is 0.189. The van der Waals surface area contributed by atoms with Crippen LogP contribution in [0.4, 0.5) is 0 Å². The molecule has 0 amide bonds. The van der Waals surface area contributed by atoms with Gasteiger partial charge in [-0.25, -0.2) is 9.79 Å². The van der Waals surface area contributed by atoms with Crippen LogP contribution in [0.1, 0.15) is 22.3 Å². The summed E-state index contributed by atoms with van der Waals surface area (Å²) in [4.78, 5) is 16.8. The van der Waals surface area contributed by atoms with E-state index in [4.69, 9.17) is 14.2 Å². The Kier molecular flexibility index (Phi) is 6.95. The summed E-state index contributed by atoms with van der Waals surface area (Å²) in [7, 11) is 1.59. The highest BCUT2D eigenvalue weighted by atomic mass is 127. The highest BCUT2D eigenvalue weighted by Gasteiger charge is 2.25. The van der Waals surface area contributed by atoms with Crippen LogP contribution in [0.2, 0.25) is 0 Å². The lowest BCUT2D eigenvalue weighted by Crippen LogP contribution is -2.06. The van der Waals surface area contributed by atoms with Gasteiger partial charge < -0.3 is 14.2 Å². The van der Waals surface area contributed by atoms with Crippen LogP contribution in [0.15, 0.2) is 75.8 Å². The van der Waals surface area contributed by atoms with Gasteiger partial charge in [0.2, 0.25) is 5.90 Å². The molecule has 7 heteroatoms. The summed E-state index contributed by atoms with van der Waals surface area (Å²) in [5.41, 5.74) is 3.82. The van der Waals surface area contributed by atoms with E-state index in [1.54, 1.807) is 13.2 Å². The number of carbonyl (C=O) groups is 1. The predicted octanol–water partition coefficient (Wildman–Crippen LogP) is 6.29. The fourth-order valence-corrected chi connectivity index (χ4v) is 4.40. The van der Waals surface area contributed by atoms with Gasteiger partial charge in [-0.05, 0) is 71.0 Å². The molecule has 0 N–H and O–H groups in total. The highest BCUT2D eigenvalue weighted by Crippen LogP contribution is 2.36. The van der Waals surface area contributed by atoms with Gasteiger partial charge in [-0.1, -0.05) is 52.3 Å². The minimum Gasteiger partial charge on any atom is -0.493 e. The maximum Gasteiger partial charge on any atom is 0.363 e. The fraction of sp³-hybridized carbons (Fsp3) is 0.120. The lowest BCUT2D eigenvalue weighted by molar-refractivity contribution is -0.129. The molecule has 0 atom stereocenters. The summed E-state index contributed by atoms with van der Waals surface area (Å²) >= 11 is 5.74. The number of rotatable bonds is 6. The average molecular weight is 604 g/mol. The normalized spacial score (nSPS) is 14.3. The lowest BCUT2D eigenvalue weighted by atomic mass is 10.1. The first kappa shape index (κ1) is 22.5. The van der Waals surface area contributed by atoms with E-state index in [1.165, 1.54) is 0 Å². The second-order valence-electron chi connectivity index (χ2n) is 7.07. The van der Waals surface area contributed by atoms with Crippen molar-refractivity contribution in [2.45, 2.75) is 13.5 Å². The maximum absolute atomic E-state index is 12.4. The van der Waals surface area contributed by atoms with Crippen LogP contribution in [-0.4, -0.2) is 19.0 Å². The molecule has 0 radical (unpaired) electrons. The van der Waals surface area contributed by atoms with Gasteiger partial charge in [0.25, 0.3) is 0 Å². The van der Waals surface area contributed by atoms with Crippen LogP contribution < -0.4 is 9.47 Å². The molecule has 3 aromatic carbocycles. The molecule has 0 saturated carbocycles. The Bertz CT molecular complexity index is 1250. The lowest BCUT2D eigenvalue weighted by Gasteiger charge is -2.14. The molecule has 0 fully saturated rings. The van der Waals surface area contributed by atoms with Crippen molar-refractivity contribution >= 4 is 56.5 Å². The van der Waals surface area contributed by atoms with Crippen LogP contribution in [0.5, 0.6) is 11.5 Å². The molecule has 0 saturated heterocycles. The number of ether oxygens (including phenoxy) is 3. The van der Waals surface area contributed by atoms with Gasteiger partial charge in [0.1, 0.15) is 6.61 Å². The zero-order valence-corrected chi connectivity index (χ0v) is 21.1. The van der Waals surface area contributed by atoms with Gasteiger partial charge in [0.05, 0.1) is 10.7 Å². The van der Waals surface area contributed by atoms with Crippen molar-refractivity contribution in [2.75, 3.05) is 7.11 Å². The number of hydrogen-bond acceptors (Lipinski definition) is 5. The molecule has 0 unspecified atom stereocenters. The number of methoxy groups -OCH3 is 1. The molecule has 0 bridgehead atoms. The van der Waals surface area contributed by atoms with Gasteiger partial charge in [0.15, 0.2) is 17.2 Å². The van der Waals surface area contributed by atoms with Gasteiger partial charge >= 0.3 is 5.97 Å². The number of hydrogen-bond donors (Lipinski definition) is 0. The maximum atomic E-state index is 12.4. The standard InChI is InChI=1S/C25H19BrINO4/c1-15-7-3-5-9-18(15)24-28-21(25(29)32-24)12-16-11-20(27)23(22(13-16)30-2)31-14-17-8-4-6-10-19(17)26/h3-13H,14H2,1-2H3/b21-12-. The Morgan fingerprint density at radius 3 is 2.62 bits per heavy atom. The zero-order valence-electron chi connectivity index (χ0n) is 17.4. The molecule has 162 valence electrons. The highest BCUT2D eigenvalue weighted by molar-refractivity contribution is 14.1. The van der Waals surface area contributed by atoms with Crippen molar-refractivity contribution in [3.05, 3.63) is 96.7 Å². The van der Waals surface area contributed by atoms with Crippen LogP contribution in [0, 0.1) is 10.5 Å². The largest absolute Gasteiger partial charge is 0.493 e. The number of aliphatic imine (C=N–C) groups is 1. The molecule has 0 aliphatic carbocycles. The summed E-state index contributed by atoms with van der Waals surface area (Å²) in [6, 6.07) is 19.3. The van der Waals surface area contributed by atoms with Crippen molar-refractivity contribution in [2.24, 2.45) is 4.99 Å². The van der Waals surface area contributed by atoms with E-state index in [9.17, 15) is 4.79 Å². The summed E-state index contributed by atoms with van der Waals surface area (Å²) < 4.78 is 18.9. The molecule has 0 aromatic heterocycles. The topological polar surface area (TPSA) is 57.1 Å². The second-order valence-corrected chi connectivity index (χ2v) is 9.08. The number of nitrogens with zero attached hydrogens (tertiary/aromatic N) is 1. The third kappa shape index (κ3) is 4.88. The molecule has 1 aliphatic rings. The Labute approximate surface area is 208 Å². The molecule has 5 nitrogen and oxygen atoms in total. The van der Waals surface area contributed by atoms with E-state index >= 15 is 0 Å². The van der Waals surface area contributed by atoms with E-state index < -0.39 is 5.97 Å². The number of benzene rings is 3. The molecule has 1 heterocycles. The number of esters is 1. The Hall–Kier alpha value is -2.65. The fourth-order valence-electron chi connectivity index (χ4n) is 3.22. The molecule has 0 spiro atoms. The molecule has 32 heavy (non-hydrogen) atoms. The number of halogens is 2. The summed E-state index contributed by atoms with van der Waals surface area (Å²) in [6.07, 6.45) is 1.69. The van der Waals surface area contributed by atoms with Gasteiger partial charge in [0, 0.05) is 15.6 Å². The molecular formula is C25H19BrINO4. The van der Waals surface area contributed by atoms with Crippen molar-refractivity contribution in [1.82, 2.24) is 0 Å². The van der Waals surface area contributed by atoms with E-state index in [-0.39, 0.29) is 5.70 Å². The summed E-state index contributed by atoms with van der Waals surface area (Å²) in [6.45, 7) is 2.35. The monoisotopic (exact) mass is 603 g/mol. The molecular weight excluding hydrogens is 585 g/mol. The van der Waals surface area contributed by atoms with Gasteiger partial charge in [-0.2, -0.15) is 0 Å². The first-order valence-corrected chi connectivity index (χ1v) is 11.7. The smallest absolute Gasteiger partial charge is 0.363 e. The third-order valence-corrected chi connectivity index (χ3v) is 6.46. The van der Waals surface area contributed by atoms with E-state index in [1.807, 2.05) is 67.6 Å². The predicted molar refractivity (Wildman–Crippen MR) is 136 cm³/mol. The van der Waals surface area contributed by atoms with Crippen LogP contribution in [0.25, 0.3) is 6.08 Å². The van der Waals surface area contributed by atoms with Crippen molar-refractivity contribution < 1.29 is 19.0 Å². The number of cyclic esters (lactones) is 1. The Balaban J connectivity index is 1.61. The Morgan fingerprint density at radius 2 is 1.88 bits per heavy atom. The molecule has 3 aromatic rings. The van der Waals surface area contributed by atoms with Crippen LogP contribution >= 0.6 is 38.5 Å². The van der Waals surface area contributed by atoms with Crippen molar-refractivity contribution in [3.8, 4) is 11.5 Å². The molecule has 1 aliphatic heterocycles. The van der Waals surface area contributed by atoms with Crippen molar-refractivity contribution in [1.29, 1.82) is 0 Å². The van der Waals surface area contributed by atoms with E-state index in [0.29, 0.717) is 24.0 Å². The number of carbonyl (C=O) groups excluding carboxylic acids is 1. The number of aryl methyl sites for hydroxylation is 1. The average Bonchev–Trinajstić information content (AvgIpc) is 3.14. The minimum absolute atomic E-state index is 0.239. The summed E-state index contributed by atoms with van der Waals surface area (Å²) in [5.74, 6) is 1.05. The minimum atomic E-state index is -0.480. The SMILES string of the molecule is COc1cc(/C=C2\N=C(c3ccccc3C)OC2=O)cc(I)c1OCc1ccccc1Br. The van der Waals surface area contributed by atoms with Gasteiger partial charge in [-0.15, -0.1) is 0 Å². The molecule has 4 rings (SSSR count). The van der Waals surface area contributed by atoms with E-state index in [2.05, 4.69) is 43.5 Å². The third-order valence-electron chi connectivity index (χ3n) is 4.88.